The van der Waals surface area contributed by atoms with E-state index in [0.29, 0.717) is 5.56 Å². The summed E-state index contributed by atoms with van der Waals surface area (Å²) < 4.78 is 28.6. The van der Waals surface area contributed by atoms with Gasteiger partial charge in [0, 0.05) is 29.4 Å². The molecule has 1 aromatic heterocycles. The Balaban J connectivity index is 2.07. The minimum Gasteiger partial charge on any atom is -0.312 e. The Bertz CT molecular complexity index is 670. The maximum atomic E-state index is 14.4. The van der Waals surface area contributed by atoms with Crippen molar-refractivity contribution in [1.82, 2.24) is 10.3 Å². The minimum atomic E-state index is -0.498. The molecule has 2 nitrogen and oxygen atoms in total. The van der Waals surface area contributed by atoms with Crippen molar-refractivity contribution >= 4 is 0 Å². The van der Waals surface area contributed by atoms with Gasteiger partial charge in [0.2, 0.25) is 0 Å². The van der Waals surface area contributed by atoms with Gasteiger partial charge in [-0.25, -0.2) is 8.78 Å². The van der Waals surface area contributed by atoms with E-state index in [0.717, 1.165) is 18.5 Å². The van der Waals surface area contributed by atoms with Crippen LogP contribution in [0, 0.1) is 18.6 Å². The molecule has 0 fully saturated rings. The first kappa shape index (κ1) is 14.1. The lowest BCUT2D eigenvalue weighted by Crippen LogP contribution is -2.25. The molecule has 0 spiro atoms. The lowest BCUT2D eigenvalue weighted by Gasteiger charge is -2.25. The molecule has 0 radical (unpaired) electrons. The first-order chi connectivity index (χ1) is 10.1. The maximum Gasteiger partial charge on any atom is 0.133 e. The molecule has 1 heterocycles. The fourth-order valence-electron chi connectivity index (χ4n) is 3.28. The molecule has 2 atom stereocenters. The van der Waals surface area contributed by atoms with E-state index in [4.69, 9.17) is 0 Å². The van der Waals surface area contributed by atoms with Gasteiger partial charge in [-0.1, -0.05) is 12.1 Å². The summed E-state index contributed by atoms with van der Waals surface area (Å²) in [4.78, 5) is 4.43. The number of aromatic nitrogens is 1. The summed E-state index contributed by atoms with van der Waals surface area (Å²) in [5.41, 5.74) is 2.72. The summed E-state index contributed by atoms with van der Waals surface area (Å²) in [6.45, 7) is 1.66. The van der Waals surface area contributed by atoms with Gasteiger partial charge >= 0.3 is 0 Å². The Hall–Kier alpha value is -1.81. The number of fused-ring (bicyclic) bond motifs is 1. The van der Waals surface area contributed by atoms with Gasteiger partial charge in [-0.15, -0.1) is 0 Å². The summed E-state index contributed by atoms with van der Waals surface area (Å²) in [6, 6.07) is 6.36. The van der Waals surface area contributed by atoms with Crippen LogP contribution in [0.25, 0.3) is 0 Å². The highest BCUT2D eigenvalue weighted by Gasteiger charge is 2.34. The Morgan fingerprint density at radius 1 is 1.29 bits per heavy atom. The van der Waals surface area contributed by atoms with Gasteiger partial charge in [0.15, 0.2) is 0 Å². The zero-order valence-corrected chi connectivity index (χ0v) is 12.2. The number of rotatable bonds is 3. The third kappa shape index (κ3) is 2.33. The number of nitrogens with one attached hydrogen (secondary N) is 1. The second-order valence-corrected chi connectivity index (χ2v) is 5.55. The second-order valence-electron chi connectivity index (χ2n) is 5.55. The van der Waals surface area contributed by atoms with Gasteiger partial charge in [-0.3, -0.25) is 4.98 Å². The van der Waals surface area contributed by atoms with Crippen molar-refractivity contribution in [2.75, 3.05) is 7.05 Å². The summed E-state index contributed by atoms with van der Waals surface area (Å²) in [5.74, 6) is -0.961. The fraction of sp³-hybridized carbons (Fsp3) is 0.353. The summed E-state index contributed by atoms with van der Waals surface area (Å²) in [5, 5.41) is 3.09. The molecule has 1 aliphatic carbocycles. The van der Waals surface area contributed by atoms with Crippen LogP contribution in [0.4, 0.5) is 8.78 Å². The molecule has 0 bridgehead atoms. The number of aryl methyl sites for hydroxylation is 2. The third-order valence-corrected chi connectivity index (χ3v) is 4.35. The summed E-state index contributed by atoms with van der Waals surface area (Å²) in [7, 11) is 1.74. The third-order valence-electron chi connectivity index (χ3n) is 4.35. The highest BCUT2D eigenvalue weighted by Crippen LogP contribution is 2.41. The second kappa shape index (κ2) is 5.53. The molecule has 0 saturated carbocycles. The molecule has 1 aliphatic rings. The van der Waals surface area contributed by atoms with Gasteiger partial charge in [-0.2, -0.15) is 0 Å². The first-order valence-electron chi connectivity index (χ1n) is 7.19. The Morgan fingerprint density at radius 2 is 2.10 bits per heavy atom. The van der Waals surface area contributed by atoms with Crippen LogP contribution in [0.2, 0.25) is 0 Å². The number of halogens is 2. The van der Waals surface area contributed by atoms with Crippen LogP contribution in [0.3, 0.4) is 0 Å². The van der Waals surface area contributed by atoms with Gasteiger partial charge in [0.1, 0.15) is 11.6 Å². The van der Waals surface area contributed by atoms with E-state index >= 15 is 0 Å². The van der Waals surface area contributed by atoms with E-state index in [1.165, 1.54) is 17.7 Å². The lowest BCUT2D eigenvalue weighted by atomic mass is 9.89. The van der Waals surface area contributed by atoms with Crippen LogP contribution in [-0.4, -0.2) is 12.0 Å². The molecule has 1 N–H and O–H groups in total. The van der Waals surface area contributed by atoms with Gasteiger partial charge in [-0.05, 0) is 50.1 Å². The van der Waals surface area contributed by atoms with Gasteiger partial charge < -0.3 is 5.32 Å². The summed E-state index contributed by atoms with van der Waals surface area (Å²) >= 11 is 0. The highest BCUT2D eigenvalue weighted by atomic mass is 19.1. The normalized spacial score (nSPS) is 18.6. The van der Waals surface area contributed by atoms with Crippen molar-refractivity contribution in [1.29, 1.82) is 0 Å². The molecular weight excluding hydrogens is 270 g/mol. The van der Waals surface area contributed by atoms with Crippen LogP contribution in [0.15, 0.2) is 30.5 Å². The molecule has 0 amide bonds. The SMILES string of the molecule is CNC(c1c(F)ccc(C)c1F)C1CCc2cccnc21. The number of hydrogen-bond donors (Lipinski definition) is 1. The Labute approximate surface area is 123 Å². The van der Waals surface area contributed by atoms with Crippen molar-refractivity contribution < 1.29 is 8.78 Å². The largest absolute Gasteiger partial charge is 0.312 e. The number of likely N-dealkylation sites (N-methyl/N-ethyl adjacent to an activating group) is 1. The predicted octanol–water partition coefficient (Wildman–Crippen LogP) is 3.66. The molecule has 3 rings (SSSR count). The molecule has 110 valence electrons. The molecule has 0 saturated heterocycles. The molecule has 2 unspecified atom stereocenters. The monoisotopic (exact) mass is 288 g/mol. The van der Waals surface area contributed by atoms with E-state index in [2.05, 4.69) is 10.3 Å². The zero-order chi connectivity index (χ0) is 15.0. The first-order valence-corrected chi connectivity index (χ1v) is 7.19. The van der Waals surface area contributed by atoms with Gasteiger partial charge in [0.25, 0.3) is 0 Å². The number of pyridine rings is 1. The van der Waals surface area contributed by atoms with E-state index < -0.39 is 17.7 Å². The smallest absolute Gasteiger partial charge is 0.133 e. The minimum absolute atomic E-state index is 0.00278. The molecule has 1 aromatic carbocycles. The van der Waals surface area contributed by atoms with Crippen molar-refractivity contribution in [3.8, 4) is 0 Å². The number of benzene rings is 1. The average molecular weight is 288 g/mol. The van der Waals surface area contributed by atoms with Crippen molar-refractivity contribution in [2.45, 2.75) is 31.7 Å². The van der Waals surface area contributed by atoms with E-state index in [1.807, 2.05) is 12.1 Å². The average Bonchev–Trinajstić information content (AvgIpc) is 2.91. The van der Waals surface area contributed by atoms with Crippen LogP contribution >= 0.6 is 0 Å². The molecular formula is C17H18F2N2. The Kier molecular flexibility index (Phi) is 3.72. The molecule has 21 heavy (non-hydrogen) atoms. The van der Waals surface area contributed by atoms with E-state index in [-0.39, 0.29) is 11.5 Å². The molecule has 0 aliphatic heterocycles. The van der Waals surface area contributed by atoms with Crippen molar-refractivity contribution in [3.63, 3.8) is 0 Å². The van der Waals surface area contributed by atoms with Crippen LogP contribution in [0.1, 0.15) is 40.8 Å². The molecule has 4 heteroatoms. The van der Waals surface area contributed by atoms with E-state index in [1.54, 1.807) is 20.2 Å². The van der Waals surface area contributed by atoms with E-state index in [9.17, 15) is 8.78 Å². The summed E-state index contributed by atoms with van der Waals surface area (Å²) in [6.07, 6.45) is 3.50. The van der Waals surface area contributed by atoms with Crippen LogP contribution in [0.5, 0.6) is 0 Å². The number of nitrogens with zero attached hydrogens (tertiary/aromatic N) is 1. The topological polar surface area (TPSA) is 24.9 Å². The Morgan fingerprint density at radius 3 is 2.86 bits per heavy atom. The standard InChI is InChI=1S/C17H18F2N2/c1-10-5-8-13(18)14(15(10)19)17(20-2)12-7-6-11-4-3-9-21-16(11)12/h3-5,8-9,12,17,20H,6-7H2,1-2H3. The van der Waals surface area contributed by atoms with Gasteiger partial charge in [0.05, 0.1) is 0 Å². The number of hydrogen-bond acceptors (Lipinski definition) is 2. The maximum absolute atomic E-state index is 14.4. The highest BCUT2D eigenvalue weighted by molar-refractivity contribution is 5.36. The zero-order valence-electron chi connectivity index (χ0n) is 12.2. The fourth-order valence-corrected chi connectivity index (χ4v) is 3.28. The quantitative estimate of drug-likeness (QED) is 0.932. The lowest BCUT2D eigenvalue weighted by molar-refractivity contribution is 0.424. The van der Waals surface area contributed by atoms with Crippen molar-refractivity contribution in [2.24, 2.45) is 0 Å². The predicted molar refractivity (Wildman–Crippen MR) is 78.2 cm³/mol. The van der Waals surface area contributed by atoms with Crippen LogP contribution < -0.4 is 5.32 Å². The van der Waals surface area contributed by atoms with Crippen molar-refractivity contribution in [3.05, 3.63) is 64.5 Å². The molecule has 2 aromatic rings. The van der Waals surface area contributed by atoms with Crippen LogP contribution in [-0.2, 0) is 6.42 Å².